The SMILES string of the molecule is CCc1ccc2c(CC(=O)O[C@@H](C)C(=O)Nc3cccnc3Cl)coc2c1. The maximum Gasteiger partial charge on any atom is 0.311 e. The van der Waals surface area contributed by atoms with Gasteiger partial charge < -0.3 is 14.5 Å². The van der Waals surface area contributed by atoms with Gasteiger partial charge in [0.2, 0.25) is 0 Å². The first kappa shape index (κ1) is 18.9. The van der Waals surface area contributed by atoms with Gasteiger partial charge in [-0.25, -0.2) is 4.98 Å². The molecular formula is C20H19ClN2O4. The van der Waals surface area contributed by atoms with Gasteiger partial charge in [-0.05, 0) is 37.1 Å². The van der Waals surface area contributed by atoms with Crippen LogP contribution in [0.15, 0.2) is 47.2 Å². The van der Waals surface area contributed by atoms with E-state index in [2.05, 4.69) is 17.2 Å². The number of rotatable bonds is 6. The number of nitrogens with one attached hydrogen (secondary N) is 1. The molecule has 2 aromatic heterocycles. The van der Waals surface area contributed by atoms with Crippen LogP contribution in [0.5, 0.6) is 0 Å². The van der Waals surface area contributed by atoms with Crippen molar-refractivity contribution in [3.63, 3.8) is 0 Å². The highest BCUT2D eigenvalue weighted by Crippen LogP contribution is 2.24. The molecule has 0 saturated carbocycles. The van der Waals surface area contributed by atoms with Crippen molar-refractivity contribution in [1.29, 1.82) is 0 Å². The fourth-order valence-electron chi connectivity index (χ4n) is 2.65. The minimum Gasteiger partial charge on any atom is -0.464 e. The Morgan fingerprint density at radius 3 is 2.89 bits per heavy atom. The number of benzene rings is 1. The molecule has 0 unspecified atom stereocenters. The molecule has 0 aliphatic heterocycles. The Balaban J connectivity index is 1.62. The number of furan rings is 1. The number of ether oxygens (including phenoxy) is 1. The Kier molecular flexibility index (Phi) is 5.76. The molecule has 0 radical (unpaired) electrons. The number of carbonyl (C=O) groups excluding carboxylic acids is 2. The minimum atomic E-state index is -0.973. The van der Waals surface area contributed by atoms with E-state index in [-0.39, 0.29) is 11.6 Å². The molecule has 0 spiro atoms. The van der Waals surface area contributed by atoms with Crippen LogP contribution in [-0.2, 0) is 27.2 Å². The summed E-state index contributed by atoms with van der Waals surface area (Å²) in [6.07, 6.45) is 3.01. The Labute approximate surface area is 161 Å². The van der Waals surface area contributed by atoms with Crippen LogP contribution in [0.4, 0.5) is 5.69 Å². The number of halogens is 1. The van der Waals surface area contributed by atoms with Gasteiger partial charge in [-0.1, -0.05) is 30.7 Å². The van der Waals surface area contributed by atoms with Crippen molar-refractivity contribution < 1.29 is 18.7 Å². The fourth-order valence-corrected chi connectivity index (χ4v) is 2.81. The highest BCUT2D eigenvalue weighted by molar-refractivity contribution is 6.32. The molecule has 0 saturated heterocycles. The monoisotopic (exact) mass is 386 g/mol. The summed E-state index contributed by atoms with van der Waals surface area (Å²) < 4.78 is 10.8. The third-order valence-corrected chi connectivity index (χ3v) is 4.46. The van der Waals surface area contributed by atoms with E-state index in [0.717, 1.165) is 28.5 Å². The van der Waals surface area contributed by atoms with E-state index in [0.29, 0.717) is 5.69 Å². The first-order chi connectivity index (χ1) is 13.0. The zero-order chi connectivity index (χ0) is 19.4. The maximum absolute atomic E-state index is 12.2. The molecule has 1 atom stereocenters. The summed E-state index contributed by atoms with van der Waals surface area (Å²) in [6.45, 7) is 3.56. The second-order valence-electron chi connectivity index (χ2n) is 6.08. The van der Waals surface area contributed by atoms with Crippen LogP contribution < -0.4 is 5.32 Å². The number of nitrogens with zero attached hydrogens (tertiary/aromatic N) is 1. The summed E-state index contributed by atoms with van der Waals surface area (Å²) >= 11 is 5.91. The molecule has 0 bridgehead atoms. The van der Waals surface area contributed by atoms with E-state index in [9.17, 15) is 9.59 Å². The highest BCUT2D eigenvalue weighted by atomic mass is 35.5. The molecular weight excluding hydrogens is 368 g/mol. The van der Waals surface area contributed by atoms with Crippen LogP contribution in [0.25, 0.3) is 11.0 Å². The van der Waals surface area contributed by atoms with Crippen molar-refractivity contribution in [2.45, 2.75) is 32.8 Å². The average molecular weight is 387 g/mol. The number of amides is 1. The van der Waals surface area contributed by atoms with Gasteiger partial charge in [0.05, 0.1) is 18.4 Å². The van der Waals surface area contributed by atoms with Gasteiger partial charge in [-0.2, -0.15) is 0 Å². The summed E-state index contributed by atoms with van der Waals surface area (Å²) in [5.41, 5.74) is 2.97. The maximum atomic E-state index is 12.2. The molecule has 140 valence electrons. The van der Waals surface area contributed by atoms with E-state index >= 15 is 0 Å². The molecule has 6 nitrogen and oxygen atoms in total. The predicted octanol–water partition coefficient (Wildman–Crippen LogP) is 4.16. The summed E-state index contributed by atoms with van der Waals surface area (Å²) in [5.74, 6) is -1.000. The third kappa shape index (κ3) is 4.46. The zero-order valence-electron chi connectivity index (χ0n) is 15.0. The molecule has 27 heavy (non-hydrogen) atoms. The van der Waals surface area contributed by atoms with Crippen molar-refractivity contribution in [1.82, 2.24) is 4.98 Å². The van der Waals surface area contributed by atoms with Gasteiger partial charge in [0.15, 0.2) is 11.3 Å². The van der Waals surface area contributed by atoms with Gasteiger partial charge in [0.1, 0.15) is 5.58 Å². The molecule has 2 heterocycles. The molecule has 7 heteroatoms. The van der Waals surface area contributed by atoms with E-state index in [1.54, 1.807) is 18.4 Å². The van der Waals surface area contributed by atoms with E-state index < -0.39 is 18.0 Å². The van der Waals surface area contributed by atoms with E-state index in [1.807, 2.05) is 18.2 Å². The second kappa shape index (κ2) is 8.22. The molecule has 1 N–H and O–H groups in total. The van der Waals surface area contributed by atoms with Crippen molar-refractivity contribution in [3.8, 4) is 0 Å². The molecule has 1 amide bonds. The van der Waals surface area contributed by atoms with Crippen molar-refractivity contribution >= 4 is 40.1 Å². The molecule has 3 aromatic rings. The lowest BCUT2D eigenvalue weighted by Gasteiger charge is -2.13. The summed E-state index contributed by atoms with van der Waals surface area (Å²) in [4.78, 5) is 28.3. The Bertz CT molecular complexity index is 983. The molecule has 1 aromatic carbocycles. The van der Waals surface area contributed by atoms with Gasteiger partial charge in [-0.15, -0.1) is 0 Å². The van der Waals surface area contributed by atoms with E-state index in [4.69, 9.17) is 20.8 Å². The zero-order valence-corrected chi connectivity index (χ0v) is 15.7. The number of hydrogen-bond acceptors (Lipinski definition) is 5. The summed E-state index contributed by atoms with van der Waals surface area (Å²) in [7, 11) is 0. The summed E-state index contributed by atoms with van der Waals surface area (Å²) in [5, 5.41) is 3.62. The van der Waals surface area contributed by atoms with Crippen LogP contribution in [0.3, 0.4) is 0 Å². The van der Waals surface area contributed by atoms with Crippen LogP contribution in [0, 0.1) is 0 Å². The lowest BCUT2D eigenvalue weighted by Crippen LogP contribution is -2.30. The topological polar surface area (TPSA) is 81.4 Å². The lowest BCUT2D eigenvalue weighted by molar-refractivity contribution is -0.152. The van der Waals surface area contributed by atoms with Crippen LogP contribution in [0.1, 0.15) is 25.0 Å². The first-order valence-corrected chi connectivity index (χ1v) is 8.95. The number of anilines is 1. The molecule has 0 fully saturated rings. The van der Waals surface area contributed by atoms with Gasteiger partial charge in [-0.3, -0.25) is 9.59 Å². The van der Waals surface area contributed by atoms with Crippen LogP contribution in [0.2, 0.25) is 5.15 Å². The summed E-state index contributed by atoms with van der Waals surface area (Å²) in [6, 6.07) is 9.15. The number of carbonyl (C=O) groups is 2. The quantitative estimate of drug-likeness (QED) is 0.508. The smallest absolute Gasteiger partial charge is 0.311 e. The minimum absolute atomic E-state index is 0.0176. The normalized spacial score (nSPS) is 12.0. The number of fused-ring (bicyclic) bond motifs is 1. The Morgan fingerprint density at radius 1 is 1.33 bits per heavy atom. The number of aromatic nitrogens is 1. The van der Waals surface area contributed by atoms with Gasteiger partial charge >= 0.3 is 5.97 Å². The fraction of sp³-hybridized carbons (Fsp3) is 0.250. The highest BCUT2D eigenvalue weighted by Gasteiger charge is 2.20. The standard InChI is InChI=1S/C20H19ClN2O4/c1-3-13-6-7-15-14(11-26-17(15)9-13)10-18(24)27-12(2)20(25)23-16-5-4-8-22-19(16)21/h4-9,11-12H,3,10H2,1-2H3,(H,23,25)/t12-/m0/s1. The Morgan fingerprint density at radius 2 is 2.15 bits per heavy atom. The number of aryl methyl sites for hydroxylation is 1. The molecule has 3 rings (SSSR count). The van der Waals surface area contributed by atoms with E-state index in [1.165, 1.54) is 13.1 Å². The second-order valence-corrected chi connectivity index (χ2v) is 6.44. The number of hydrogen-bond donors (Lipinski definition) is 1. The number of pyridine rings is 1. The third-order valence-electron chi connectivity index (χ3n) is 4.16. The van der Waals surface area contributed by atoms with Crippen molar-refractivity contribution in [2.75, 3.05) is 5.32 Å². The predicted molar refractivity (Wildman–Crippen MR) is 103 cm³/mol. The van der Waals surface area contributed by atoms with Crippen molar-refractivity contribution in [2.24, 2.45) is 0 Å². The number of esters is 1. The van der Waals surface area contributed by atoms with Crippen molar-refractivity contribution in [3.05, 3.63) is 59.1 Å². The largest absolute Gasteiger partial charge is 0.464 e. The first-order valence-electron chi connectivity index (χ1n) is 8.57. The van der Waals surface area contributed by atoms with Gasteiger partial charge in [0.25, 0.3) is 5.91 Å². The Hall–Kier alpha value is -2.86. The van der Waals surface area contributed by atoms with Gasteiger partial charge in [0, 0.05) is 17.1 Å². The molecule has 0 aliphatic rings. The molecule has 0 aliphatic carbocycles. The van der Waals surface area contributed by atoms with Crippen LogP contribution >= 0.6 is 11.6 Å². The van der Waals surface area contributed by atoms with Crippen LogP contribution in [-0.4, -0.2) is 23.0 Å². The lowest BCUT2D eigenvalue weighted by atomic mass is 10.1. The average Bonchev–Trinajstić information content (AvgIpc) is 3.05.